The number of carbonyl (C=O) groups excluding carboxylic acids is 1. The average molecular weight is 161 g/mol. The Bertz CT molecular complexity index is 37.8. The molecule has 0 saturated carbocycles. The van der Waals surface area contributed by atoms with Gasteiger partial charge in [0.15, 0.2) is 0 Å². The third-order valence-electron chi connectivity index (χ3n) is 0.186. The molecule has 0 aromatic rings. The molecule has 0 aromatic carbocycles. The van der Waals surface area contributed by atoms with Crippen LogP contribution in [-0.4, -0.2) is 6.29 Å². The predicted octanol–water partition coefficient (Wildman–Crippen LogP) is -0.307. The molecule has 0 aliphatic rings. The second-order valence-electron chi connectivity index (χ2n) is 0.862. The van der Waals surface area contributed by atoms with Gasteiger partial charge >= 0.3 is 0 Å². The molecule has 33 valence electrons. The third-order valence-corrected chi connectivity index (χ3v) is 0.186. The maximum atomic E-state index is 9.34. The van der Waals surface area contributed by atoms with Crippen LogP contribution in [0.2, 0.25) is 0 Å². The van der Waals surface area contributed by atoms with Crippen LogP contribution in [0.15, 0.2) is 0 Å². The van der Waals surface area contributed by atoms with Crippen LogP contribution in [0.3, 0.4) is 0 Å². The van der Waals surface area contributed by atoms with Crippen molar-refractivity contribution in [2.75, 3.05) is 0 Å². The van der Waals surface area contributed by atoms with Crippen LogP contribution in [0.25, 0.3) is 0 Å². The smallest absolute Gasteiger partial charge is 0 e. The van der Waals surface area contributed by atoms with Crippen molar-refractivity contribution in [3.63, 3.8) is 0 Å². The van der Waals surface area contributed by atoms with Crippen molar-refractivity contribution in [2.24, 2.45) is 5.73 Å². The molecule has 0 unspecified atom stereocenters. The van der Waals surface area contributed by atoms with E-state index < -0.39 is 0 Å². The van der Waals surface area contributed by atoms with E-state index in [4.69, 9.17) is 5.73 Å². The van der Waals surface area contributed by atoms with Crippen molar-refractivity contribution in [3.05, 3.63) is 6.04 Å². The molecular weight excluding hydrogens is 155 g/mol. The molecule has 0 aromatic heterocycles. The van der Waals surface area contributed by atoms with Crippen molar-refractivity contribution in [3.8, 4) is 0 Å². The topological polar surface area (TPSA) is 43.1 Å². The Morgan fingerprint density at radius 1 is 1.83 bits per heavy atom. The Kier molecular flexibility index (Phi) is 9.14. The summed E-state index contributed by atoms with van der Waals surface area (Å²) in [7, 11) is 0. The van der Waals surface area contributed by atoms with Gasteiger partial charge in [-0.25, -0.2) is 0 Å². The molecule has 0 atom stereocenters. The summed E-state index contributed by atoms with van der Waals surface area (Å²) < 4.78 is 0. The summed E-state index contributed by atoms with van der Waals surface area (Å²) in [6.07, 6.45) is 0.611. The van der Waals surface area contributed by atoms with Crippen LogP contribution in [0.1, 0.15) is 6.92 Å². The molecular formula is C3H6NOY-. The van der Waals surface area contributed by atoms with E-state index in [-0.39, 0.29) is 32.7 Å². The third kappa shape index (κ3) is 8.82. The summed E-state index contributed by atoms with van der Waals surface area (Å²) >= 11 is 0. The number of rotatable bonds is 1. The van der Waals surface area contributed by atoms with E-state index in [0.717, 1.165) is 0 Å². The predicted molar refractivity (Wildman–Crippen MR) is 19.2 cm³/mol. The van der Waals surface area contributed by atoms with Gasteiger partial charge < -0.3 is 10.5 Å². The van der Waals surface area contributed by atoms with Gasteiger partial charge in [0.2, 0.25) is 0 Å². The van der Waals surface area contributed by atoms with Crippen LogP contribution < -0.4 is 5.73 Å². The van der Waals surface area contributed by atoms with E-state index in [1.807, 2.05) is 0 Å². The number of hydrogen-bond donors (Lipinski definition) is 1. The Morgan fingerprint density at radius 3 is 2.00 bits per heavy atom. The minimum Gasteiger partial charge on any atom is -0.459 e. The second kappa shape index (κ2) is 5.60. The van der Waals surface area contributed by atoms with Crippen molar-refractivity contribution in [1.29, 1.82) is 0 Å². The number of carbonyl (C=O) groups is 1. The standard InChI is InChI=1S/C3H6NO.Y/c1-3(4)2-5;/h2H,4H2,1H3;/q-1;. The zero-order chi connectivity index (χ0) is 4.28. The van der Waals surface area contributed by atoms with Gasteiger partial charge in [-0.2, -0.15) is 6.92 Å². The number of hydrogen-bond acceptors (Lipinski definition) is 2. The first-order chi connectivity index (χ1) is 2.27. The first-order valence-corrected chi connectivity index (χ1v) is 1.31. The zero-order valence-corrected chi connectivity index (χ0v) is 6.48. The number of nitrogens with two attached hydrogens (primary N) is 1. The molecule has 0 spiro atoms. The van der Waals surface area contributed by atoms with Gasteiger partial charge in [0.25, 0.3) is 0 Å². The van der Waals surface area contributed by atoms with Gasteiger partial charge in [0.1, 0.15) is 0 Å². The minimum absolute atomic E-state index is 0. The van der Waals surface area contributed by atoms with Gasteiger partial charge in [-0.05, 0) is 6.29 Å². The molecule has 0 rings (SSSR count). The Hall–Kier alpha value is 0.604. The van der Waals surface area contributed by atoms with E-state index in [0.29, 0.717) is 12.3 Å². The van der Waals surface area contributed by atoms with Gasteiger partial charge in [-0.1, -0.05) is 0 Å². The SMILES string of the molecule is C[C-](N)C=O.[Y]. The molecule has 0 aliphatic heterocycles. The fourth-order valence-corrected chi connectivity index (χ4v) is 0. The van der Waals surface area contributed by atoms with E-state index >= 15 is 0 Å². The Labute approximate surface area is 62.4 Å². The van der Waals surface area contributed by atoms with E-state index in [2.05, 4.69) is 0 Å². The van der Waals surface area contributed by atoms with Crippen LogP contribution >= 0.6 is 0 Å². The Balaban J connectivity index is 0. The van der Waals surface area contributed by atoms with Crippen molar-refractivity contribution >= 4 is 6.29 Å². The van der Waals surface area contributed by atoms with Gasteiger partial charge in [-0.15, -0.1) is 0 Å². The molecule has 1 radical (unpaired) electrons. The van der Waals surface area contributed by atoms with Crippen LogP contribution in [-0.2, 0) is 37.5 Å². The molecule has 2 N–H and O–H groups in total. The summed E-state index contributed by atoms with van der Waals surface area (Å²) in [6.45, 7) is 1.55. The van der Waals surface area contributed by atoms with Crippen LogP contribution in [0.4, 0.5) is 0 Å². The van der Waals surface area contributed by atoms with Crippen molar-refractivity contribution < 1.29 is 37.5 Å². The maximum absolute atomic E-state index is 9.34. The summed E-state index contributed by atoms with van der Waals surface area (Å²) in [6, 6.07) is 0.324. The molecule has 0 fully saturated rings. The average Bonchev–Trinajstić information content (AvgIpc) is 1.38. The maximum Gasteiger partial charge on any atom is 0 e. The zero-order valence-electron chi connectivity index (χ0n) is 3.64. The fourth-order valence-electron chi connectivity index (χ4n) is 0. The summed E-state index contributed by atoms with van der Waals surface area (Å²) in [5.41, 5.74) is 4.84. The summed E-state index contributed by atoms with van der Waals surface area (Å²) in [5, 5.41) is 0. The van der Waals surface area contributed by atoms with Gasteiger partial charge in [0, 0.05) is 32.7 Å². The molecule has 0 saturated heterocycles. The molecule has 0 aliphatic carbocycles. The molecule has 2 nitrogen and oxygen atoms in total. The summed E-state index contributed by atoms with van der Waals surface area (Å²) in [5.74, 6) is 0. The van der Waals surface area contributed by atoms with E-state index in [9.17, 15) is 4.79 Å². The van der Waals surface area contributed by atoms with Gasteiger partial charge in [-0.3, -0.25) is 6.04 Å². The van der Waals surface area contributed by atoms with Crippen LogP contribution in [0.5, 0.6) is 0 Å². The minimum atomic E-state index is 0. The molecule has 0 amide bonds. The monoisotopic (exact) mass is 161 g/mol. The quantitative estimate of drug-likeness (QED) is 0.423. The largest absolute Gasteiger partial charge is 0.459 e. The van der Waals surface area contributed by atoms with Gasteiger partial charge in [0.05, 0.1) is 0 Å². The Morgan fingerprint density at radius 2 is 2.00 bits per heavy atom. The molecule has 0 bridgehead atoms. The van der Waals surface area contributed by atoms with E-state index in [1.54, 1.807) is 6.92 Å². The normalized spacial score (nSPS) is 5.67. The van der Waals surface area contributed by atoms with Crippen molar-refractivity contribution in [1.82, 2.24) is 0 Å². The van der Waals surface area contributed by atoms with Crippen molar-refractivity contribution in [2.45, 2.75) is 6.92 Å². The first kappa shape index (κ1) is 9.78. The summed E-state index contributed by atoms with van der Waals surface area (Å²) in [4.78, 5) is 9.34. The van der Waals surface area contributed by atoms with Crippen LogP contribution in [0, 0.1) is 6.04 Å². The second-order valence-corrected chi connectivity index (χ2v) is 0.862. The molecule has 0 heterocycles. The molecule has 3 heteroatoms. The number of aldehydes is 1. The molecule has 6 heavy (non-hydrogen) atoms. The van der Waals surface area contributed by atoms with E-state index in [1.165, 1.54) is 0 Å². The fraction of sp³-hybridized carbons (Fsp3) is 0.333. The first-order valence-electron chi connectivity index (χ1n) is 1.31.